The van der Waals surface area contributed by atoms with Crippen LogP contribution in [0.3, 0.4) is 0 Å². The average molecular weight is 262 g/mol. The summed E-state index contributed by atoms with van der Waals surface area (Å²) in [6, 6.07) is 6.95. The molecule has 0 saturated heterocycles. The molecule has 0 radical (unpaired) electrons. The molecule has 0 atom stereocenters. The molecule has 1 fully saturated rings. The number of rotatable bonds is 4. The van der Waals surface area contributed by atoms with Crippen LogP contribution in [-0.4, -0.2) is 17.0 Å². The number of nitrogen functional groups attached to an aromatic ring is 1. The largest absolute Gasteiger partial charge is 0.481 e. The van der Waals surface area contributed by atoms with E-state index in [0.717, 1.165) is 12.8 Å². The first kappa shape index (κ1) is 13.4. The van der Waals surface area contributed by atoms with Crippen LogP contribution in [0, 0.1) is 5.41 Å². The van der Waals surface area contributed by atoms with Crippen LogP contribution in [0.25, 0.3) is 0 Å². The zero-order chi connectivity index (χ0) is 13.9. The Morgan fingerprint density at radius 1 is 1.26 bits per heavy atom. The highest BCUT2D eigenvalue weighted by Gasteiger charge is 2.42. The van der Waals surface area contributed by atoms with Gasteiger partial charge in [-0.15, -0.1) is 0 Å². The molecule has 0 aliphatic heterocycles. The summed E-state index contributed by atoms with van der Waals surface area (Å²) in [6.07, 6.45) is 2.89. The van der Waals surface area contributed by atoms with E-state index in [0.29, 0.717) is 24.2 Å². The highest BCUT2D eigenvalue weighted by Crippen LogP contribution is 2.41. The first-order valence-electron chi connectivity index (χ1n) is 6.41. The molecule has 5 heteroatoms. The second-order valence-corrected chi connectivity index (χ2v) is 5.10. The van der Waals surface area contributed by atoms with E-state index in [1.807, 2.05) is 0 Å². The van der Waals surface area contributed by atoms with Crippen LogP contribution in [0.2, 0.25) is 0 Å². The molecule has 4 N–H and O–H groups in total. The lowest BCUT2D eigenvalue weighted by Crippen LogP contribution is -2.32. The second kappa shape index (κ2) is 5.30. The highest BCUT2D eigenvalue weighted by atomic mass is 16.4. The van der Waals surface area contributed by atoms with Crippen molar-refractivity contribution in [3.63, 3.8) is 0 Å². The number of carbonyl (C=O) groups is 2. The lowest BCUT2D eigenvalue weighted by atomic mass is 9.82. The van der Waals surface area contributed by atoms with Gasteiger partial charge in [-0.05, 0) is 25.0 Å². The van der Waals surface area contributed by atoms with Crippen molar-refractivity contribution in [3.8, 4) is 0 Å². The second-order valence-electron chi connectivity index (χ2n) is 5.10. The summed E-state index contributed by atoms with van der Waals surface area (Å²) in [5.74, 6) is -1.16. The Bertz CT molecular complexity index is 493. The predicted molar refractivity (Wildman–Crippen MR) is 72.6 cm³/mol. The number of carbonyl (C=O) groups excluding carboxylic acids is 1. The summed E-state index contributed by atoms with van der Waals surface area (Å²) < 4.78 is 0. The van der Waals surface area contributed by atoms with Gasteiger partial charge in [-0.3, -0.25) is 9.59 Å². The first-order valence-corrected chi connectivity index (χ1v) is 6.41. The van der Waals surface area contributed by atoms with Crippen LogP contribution in [0.15, 0.2) is 24.3 Å². The summed E-state index contributed by atoms with van der Waals surface area (Å²) in [5.41, 5.74) is 5.86. The van der Waals surface area contributed by atoms with Crippen LogP contribution < -0.4 is 11.1 Å². The fourth-order valence-corrected chi connectivity index (χ4v) is 2.63. The van der Waals surface area contributed by atoms with Gasteiger partial charge in [-0.25, -0.2) is 0 Å². The summed E-state index contributed by atoms with van der Waals surface area (Å²) in [6.45, 7) is 0. The molecule has 19 heavy (non-hydrogen) atoms. The number of anilines is 2. The maximum atomic E-state index is 12.0. The van der Waals surface area contributed by atoms with E-state index in [1.165, 1.54) is 0 Å². The topological polar surface area (TPSA) is 92.4 Å². The quantitative estimate of drug-likeness (QED) is 0.725. The molecule has 5 nitrogen and oxygen atoms in total. The van der Waals surface area contributed by atoms with E-state index in [9.17, 15) is 14.7 Å². The third-order valence-corrected chi connectivity index (χ3v) is 3.75. The van der Waals surface area contributed by atoms with Gasteiger partial charge in [-0.2, -0.15) is 0 Å². The van der Waals surface area contributed by atoms with Crippen molar-refractivity contribution in [3.05, 3.63) is 24.3 Å². The summed E-state index contributed by atoms with van der Waals surface area (Å²) in [5, 5.41) is 12.0. The molecule has 1 aliphatic carbocycles. The number of nitrogens with two attached hydrogens (primary N) is 1. The number of hydrogen-bond acceptors (Lipinski definition) is 3. The Morgan fingerprint density at radius 3 is 2.47 bits per heavy atom. The van der Waals surface area contributed by atoms with Gasteiger partial charge in [0.1, 0.15) is 0 Å². The van der Waals surface area contributed by atoms with Crippen molar-refractivity contribution < 1.29 is 14.7 Å². The fraction of sp³-hybridized carbons (Fsp3) is 0.429. The van der Waals surface area contributed by atoms with Crippen LogP contribution in [-0.2, 0) is 9.59 Å². The molecule has 0 heterocycles. The minimum atomic E-state index is -0.895. The molecule has 1 aromatic carbocycles. The van der Waals surface area contributed by atoms with E-state index >= 15 is 0 Å². The molecule has 1 aliphatic rings. The van der Waals surface area contributed by atoms with Crippen molar-refractivity contribution in [1.82, 2.24) is 0 Å². The lowest BCUT2D eigenvalue weighted by Gasteiger charge is -2.23. The number of hydrogen-bond donors (Lipinski definition) is 3. The smallest absolute Gasteiger partial charge is 0.310 e. The van der Waals surface area contributed by atoms with Crippen molar-refractivity contribution in [2.24, 2.45) is 5.41 Å². The Hall–Kier alpha value is -2.04. The third-order valence-electron chi connectivity index (χ3n) is 3.75. The minimum Gasteiger partial charge on any atom is -0.481 e. The van der Waals surface area contributed by atoms with Gasteiger partial charge in [0, 0.05) is 6.42 Å². The Balaban J connectivity index is 2.05. The van der Waals surface area contributed by atoms with Crippen molar-refractivity contribution in [1.29, 1.82) is 0 Å². The molecule has 0 spiro atoms. The number of carboxylic acids is 1. The number of amides is 1. The van der Waals surface area contributed by atoms with Gasteiger partial charge in [-0.1, -0.05) is 25.0 Å². The monoisotopic (exact) mass is 262 g/mol. The molecular formula is C14H18N2O3. The molecule has 2 rings (SSSR count). The number of aliphatic carboxylic acids is 1. The van der Waals surface area contributed by atoms with Crippen molar-refractivity contribution in [2.45, 2.75) is 32.1 Å². The zero-order valence-electron chi connectivity index (χ0n) is 10.7. The molecule has 0 bridgehead atoms. The molecule has 1 amide bonds. The zero-order valence-corrected chi connectivity index (χ0v) is 10.7. The molecular weight excluding hydrogens is 244 g/mol. The van der Waals surface area contributed by atoms with Crippen LogP contribution >= 0.6 is 0 Å². The average Bonchev–Trinajstić information content (AvgIpc) is 2.82. The van der Waals surface area contributed by atoms with E-state index in [2.05, 4.69) is 5.32 Å². The number of para-hydroxylation sites is 2. The first-order chi connectivity index (χ1) is 9.03. The van der Waals surface area contributed by atoms with E-state index in [1.54, 1.807) is 24.3 Å². The van der Waals surface area contributed by atoms with E-state index in [4.69, 9.17) is 5.73 Å². The van der Waals surface area contributed by atoms with Crippen LogP contribution in [0.1, 0.15) is 32.1 Å². The Labute approximate surface area is 111 Å². The van der Waals surface area contributed by atoms with Gasteiger partial charge in [0.05, 0.1) is 16.8 Å². The third kappa shape index (κ3) is 2.86. The van der Waals surface area contributed by atoms with Gasteiger partial charge < -0.3 is 16.2 Å². The van der Waals surface area contributed by atoms with Crippen LogP contribution in [0.5, 0.6) is 0 Å². The standard InChI is InChI=1S/C14H18N2O3/c15-10-5-1-2-6-11(10)16-12(17)9-14(13(18)19)7-3-4-8-14/h1-2,5-6H,3-4,7-9,15H2,(H,16,17)(H,18,19). The summed E-state index contributed by atoms with van der Waals surface area (Å²) in [7, 11) is 0. The molecule has 102 valence electrons. The van der Waals surface area contributed by atoms with E-state index in [-0.39, 0.29) is 12.3 Å². The molecule has 0 aromatic heterocycles. The number of benzene rings is 1. The van der Waals surface area contributed by atoms with Gasteiger partial charge in [0.15, 0.2) is 0 Å². The predicted octanol–water partition coefficient (Wildman–Crippen LogP) is 2.24. The Morgan fingerprint density at radius 2 is 1.89 bits per heavy atom. The Kier molecular flexibility index (Phi) is 3.74. The maximum Gasteiger partial charge on any atom is 0.310 e. The molecule has 1 aromatic rings. The summed E-state index contributed by atoms with van der Waals surface area (Å²) >= 11 is 0. The number of carboxylic acid groups (broad SMARTS) is 1. The minimum absolute atomic E-state index is 0.0106. The summed E-state index contributed by atoms with van der Waals surface area (Å²) in [4.78, 5) is 23.4. The van der Waals surface area contributed by atoms with Crippen molar-refractivity contribution >= 4 is 23.3 Å². The van der Waals surface area contributed by atoms with Crippen molar-refractivity contribution in [2.75, 3.05) is 11.1 Å². The van der Waals surface area contributed by atoms with Gasteiger partial charge in [0.2, 0.25) is 5.91 Å². The molecule has 0 unspecified atom stereocenters. The van der Waals surface area contributed by atoms with E-state index < -0.39 is 11.4 Å². The SMILES string of the molecule is Nc1ccccc1NC(=O)CC1(C(=O)O)CCCC1. The van der Waals surface area contributed by atoms with Crippen LogP contribution in [0.4, 0.5) is 11.4 Å². The molecule has 1 saturated carbocycles. The normalized spacial score (nSPS) is 17.1. The fourth-order valence-electron chi connectivity index (χ4n) is 2.63. The number of nitrogens with one attached hydrogen (secondary N) is 1. The lowest BCUT2D eigenvalue weighted by molar-refractivity contribution is -0.150. The highest BCUT2D eigenvalue weighted by molar-refractivity contribution is 5.96. The van der Waals surface area contributed by atoms with Gasteiger partial charge >= 0.3 is 5.97 Å². The maximum absolute atomic E-state index is 12.0. The van der Waals surface area contributed by atoms with Gasteiger partial charge in [0.25, 0.3) is 0 Å².